The average molecular weight is 345 g/mol. The fourth-order valence-electron chi connectivity index (χ4n) is 2.64. The maximum Gasteiger partial charge on any atom is 0.248 e. The highest BCUT2D eigenvalue weighted by molar-refractivity contribution is 7.13. The van der Waals surface area contributed by atoms with Crippen LogP contribution in [0.3, 0.4) is 0 Å². The minimum Gasteiger partial charge on any atom is -0.497 e. The van der Waals surface area contributed by atoms with Gasteiger partial charge in [0.1, 0.15) is 12.3 Å². The van der Waals surface area contributed by atoms with Gasteiger partial charge in [-0.15, -0.1) is 11.3 Å². The smallest absolute Gasteiger partial charge is 0.248 e. The SMILES string of the molecule is COc1ccc(CCC(=O)N2CCN(c3nccs3)C(=O)C2)cc1. The maximum atomic E-state index is 12.4. The molecule has 0 bridgehead atoms. The molecule has 1 aromatic carbocycles. The molecule has 1 aliphatic rings. The number of anilines is 1. The zero-order valence-corrected chi connectivity index (χ0v) is 14.3. The summed E-state index contributed by atoms with van der Waals surface area (Å²) in [6, 6.07) is 7.68. The van der Waals surface area contributed by atoms with Gasteiger partial charge >= 0.3 is 0 Å². The van der Waals surface area contributed by atoms with Gasteiger partial charge in [0, 0.05) is 31.1 Å². The molecule has 0 atom stereocenters. The van der Waals surface area contributed by atoms with Crippen molar-refractivity contribution >= 4 is 28.3 Å². The first-order valence-electron chi connectivity index (χ1n) is 7.78. The molecule has 2 amide bonds. The van der Waals surface area contributed by atoms with Gasteiger partial charge in [-0.3, -0.25) is 14.5 Å². The van der Waals surface area contributed by atoms with Crippen LogP contribution in [-0.2, 0) is 16.0 Å². The minimum absolute atomic E-state index is 0.0120. The Morgan fingerprint density at radius 1 is 1.29 bits per heavy atom. The third-order valence-corrected chi connectivity index (χ3v) is 4.80. The van der Waals surface area contributed by atoms with Gasteiger partial charge in [0.05, 0.1) is 7.11 Å². The van der Waals surface area contributed by atoms with Gasteiger partial charge in [0.2, 0.25) is 11.8 Å². The first-order chi connectivity index (χ1) is 11.7. The first kappa shape index (κ1) is 16.4. The molecular weight excluding hydrogens is 326 g/mol. The summed E-state index contributed by atoms with van der Waals surface area (Å²) in [7, 11) is 1.63. The number of hydrogen-bond donors (Lipinski definition) is 0. The second kappa shape index (κ2) is 7.44. The van der Waals surface area contributed by atoms with Crippen molar-refractivity contribution in [1.29, 1.82) is 0 Å². The number of carbonyl (C=O) groups is 2. The number of methoxy groups -OCH3 is 1. The van der Waals surface area contributed by atoms with E-state index in [4.69, 9.17) is 4.74 Å². The molecule has 2 aromatic rings. The fourth-order valence-corrected chi connectivity index (χ4v) is 3.32. The van der Waals surface area contributed by atoms with Crippen molar-refractivity contribution < 1.29 is 14.3 Å². The minimum atomic E-state index is -0.0750. The Balaban J connectivity index is 1.51. The molecule has 0 radical (unpaired) electrons. The molecule has 1 saturated heterocycles. The van der Waals surface area contributed by atoms with Crippen LogP contribution in [0.1, 0.15) is 12.0 Å². The van der Waals surface area contributed by atoms with Crippen LogP contribution < -0.4 is 9.64 Å². The zero-order valence-electron chi connectivity index (χ0n) is 13.5. The van der Waals surface area contributed by atoms with Crippen molar-refractivity contribution in [1.82, 2.24) is 9.88 Å². The van der Waals surface area contributed by atoms with Gasteiger partial charge in [-0.25, -0.2) is 4.98 Å². The van der Waals surface area contributed by atoms with E-state index in [1.165, 1.54) is 11.3 Å². The van der Waals surface area contributed by atoms with E-state index in [1.54, 1.807) is 23.1 Å². The predicted octanol–water partition coefficient (Wildman–Crippen LogP) is 1.96. The van der Waals surface area contributed by atoms with Crippen LogP contribution in [0.15, 0.2) is 35.8 Å². The molecule has 0 spiro atoms. The predicted molar refractivity (Wildman–Crippen MR) is 92.4 cm³/mol. The highest BCUT2D eigenvalue weighted by Gasteiger charge is 2.28. The summed E-state index contributed by atoms with van der Waals surface area (Å²) in [4.78, 5) is 32.0. The van der Waals surface area contributed by atoms with Crippen molar-refractivity contribution in [3.8, 4) is 5.75 Å². The molecule has 0 unspecified atom stereocenters. The molecule has 0 N–H and O–H groups in total. The average Bonchev–Trinajstić information content (AvgIpc) is 3.14. The van der Waals surface area contributed by atoms with Crippen LogP contribution in [0.25, 0.3) is 0 Å². The van der Waals surface area contributed by atoms with Crippen LogP contribution in [0.2, 0.25) is 0 Å². The standard InChI is InChI=1S/C17H19N3O3S/c1-23-14-5-2-13(3-6-14)4-7-15(21)19-9-10-20(16(22)12-19)17-18-8-11-24-17/h2-3,5-6,8,11H,4,7,9-10,12H2,1H3. The normalized spacial score (nSPS) is 14.8. The lowest BCUT2D eigenvalue weighted by Crippen LogP contribution is -2.52. The first-order valence-corrected chi connectivity index (χ1v) is 8.66. The number of amides is 2. The van der Waals surface area contributed by atoms with Crippen LogP contribution in [0.5, 0.6) is 5.75 Å². The van der Waals surface area contributed by atoms with E-state index in [9.17, 15) is 9.59 Å². The number of aryl methyl sites for hydroxylation is 1. The summed E-state index contributed by atoms with van der Waals surface area (Å²) in [6.07, 6.45) is 2.74. The third kappa shape index (κ3) is 3.73. The van der Waals surface area contributed by atoms with E-state index in [1.807, 2.05) is 29.6 Å². The molecule has 3 rings (SSSR count). The van der Waals surface area contributed by atoms with Crippen molar-refractivity contribution in [2.24, 2.45) is 0 Å². The largest absolute Gasteiger partial charge is 0.497 e. The monoisotopic (exact) mass is 345 g/mol. The Morgan fingerprint density at radius 3 is 2.71 bits per heavy atom. The molecule has 1 aliphatic heterocycles. The summed E-state index contributed by atoms with van der Waals surface area (Å²) >= 11 is 1.43. The number of benzene rings is 1. The van der Waals surface area contributed by atoms with Crippen LogP contribution in [0.4, 0.5) is 5.13 Å². The second-order valence-corrected chi connectivity index (χ2v) is 6.40. The Kier molecular flexibility index (Phi) is 5.10. The Bertz CT molecular complexity index is 700. The van der Waals surface area contributed by atoms with E-state index in [2.05, 4.69) is 4.98 Å². The van der Waals surface area contributed by atoms with Gasteiger partial charge in [-0.05, 0) is 24.1 Å². The van der Waals surface area contributed by atoms with E-state index in [0.717, 1.165) is 11.3 Å². The third-order valence-electron chi connectivity index (χ3n) is 4.01. The quantitative estimate of drug-likeness (QED) is 0.831. The number of piperazine rings is 1. The number of rotatable bonds is 5. The molecule has 1 aromatic heterocycles. The van der Waals surface area contributed by atoms with E-state index in [0.29, 0.717) is 31.1 Å². The summed E-state index contributed by atoms with van der Waals surface area (Å²) in [6.45, 7) is 1.18. The number of nitrogens with zero attached hydrogens (tertiary/aromatic N) is 3. The van der Waals surface area contributed by atoms with Crippen LogP contribution >= 0.6 is 11.3 Å². The van der Waals surface area contributed by atoms with E-state index < -0.39 is 0 Å². The molecule has 126 valence electrons. The number of ether oxygens (including phenoxy) is 1. The van der Waals surface area contributed by atoms with E-state index >= 15 is 0 Å². The van der Waals surface area contributed by atoms with Crippen molar-refractivity contribution in [3.05, 3.63) is 41.4 Å². The van der Waals surface area contributed by atoms with Crippen LogP contribution in [0, 0.1) is 0 Å². The zero-order chi connectivity index (χ0) is 16.9. The number of carbonyl (C=O) groups excluding carboxylic acids is 2. The molecule has 2 heterocycles. The topological polar surface area (TPSA) is 62.7 Å². The van der Waals surface area contributed by atoms with Crippen molar-refractivity contribution in [3.63, 3.8) is 0 Å². The van der Waals surface area contributed by atoms with E-state index in [-0.39, 0.29) is 18.4 Å². The maximum absolute atomic E-state index is 12.4. The molecule has 7 heteroatoms. The summed E-state index contributed by atoms with van der Waals surface area (Å²) in [5.74, 6) is 0.737. The summed E-state index contributed by atoms with van der Waals surface area (Å²) in [5.41, 5.74) is 1.08. The van der Waals surface area contributed by atoms with Gasteiger partial charge in [-0.2, -0.15) is 0 Å². The fraction of sp³-hybridized carbons (Fsp3) is 0.353. The van der Waals surface area contributed by atoms with Gasteiger partial charge in [0.25, 0.3) is 0 Å². The molecule has 1 fully saturated rings. The Labute approximate surface area is 144 Å². The molecule has 6 nitrogen and oxygen atoms in total. The number of aromatic nitrogens is 1. The van der Waals surface area contributed by atoms with Gasteiger partial charge < -0.3 is 9.64 Å². The summed E-state index contributed by atoms with van der Waals surface area (Å²) in [5, 5.41) is 2.54. The Hall–Kier alpha value is -2.41. The molecule has 0 saturated carbocycles. The lowest BCUT2D eigenvalue weighted by atomic mass is 10.1. The Morgan fingerprint density at radius 2 is 2.08 bits per heavy atom. The molecule has 0 aliphatic carbocycles. The lowest BCUT2D eigenvalue weighted by molar-refractivity contribution is -0.136. The van der Waals surface area contributed by atoms with Crippen molar-refractivity contribution in [2.75, 3.05) is 31.6 Å². The number of hydrogen-bond acceptors (Lipinski definition) is 5. The van der Waals surface area contributed by atoms with Crippen molar-refractivity contribution in [2.45, 2.75) is 12.8 Å². The highest BCUT2D eigenvalue weighted by atomic mass is 32.1. The van der Waals surface area contributed by atoms with Crippen LogP contribution in [-0.4, -0.2) is 48.4 Å². The lowest BCUT2D eigenvalue weighted by Gasteiger charge is -2.32. The molecule has 24 heavy (non-hydrogen) atoms. The van der Waals surface area contributed by atoms with Gasteiger partial charge in [-0.1, -0.05) is 12.1 Å². The summed E-state index contributed by atoms with van der Waals surface area (Å²) < 4.78 is 5.12. The van der Waals surface area contributed by atoms with Gasteiger partial charge in [0.15, 0.2) is 5.13 Å². The second-order valence-electron chi connectivity index (χ2n) is 5.52. The molecular formula is C17H19N3O3S. The highest BCUT2D eigenvalue weighted by Crippen LogP contribution is 2.20. The number of thiazole rings is 1.